The number of likely N-dealkylation sites (tertiary alicyclic amines) is 1. The fraction of sp³-hybridized carbons (Fsp3) is 0.500. The van der Waals surface area contributed by atoms with Crippen LogP contribution < -0.4 is 10.6 Å². The molecular formula is C16H21F2N3O3. The number of benzene rings is 1. The average molecular weight is 341 g/mol. The number of ether oxygens (including phenoxy) is 1. The van der Waals surface area contributed by atoms with Crippen LogP contribution in [0.5, 0.6) is 0 Å². The Balaban J connectivity index is 1.85. The van der Waals surface area contributed by atoms with E-state index in [1.807, 2.05) is 0 Å². The standard InChI is InChI=1S/C16H21F2N3O3/c1-24-8-7-21-6-2-3-12(10-21)19-15(22)16(23)20-14-5-4-11(17)9-13(14)18/h4-5,9,12H,2-3,6-8,10H2,1H3,(H,19,22)(H,20,23)/t12-/m1/s1. The molecule has 0 aliphatic carbocycles. The van der Waals surface area contributed by atoms with Gasteiger partial charge < -0.3 is 15.4 Å². The van der Waals surface area contributed by atoms with Crippen LogP contribution in [0.2, 0.25) is 0 Å². The van der Waals surface area contributed by atoms with E-state index in [9.17, 15) is 18.4 Å². The summed E-state index contributed by atoms with van der Waals surface area (Å²) in [5, 5.41) is 4.79. The van der Waals surface area contributed by atoms with Gasteiger partial charge in [0.25, 0.3) is 0 Å². The summed E-state index contributed by atoms with van der Waals surface area (Å²) in [6.07, 6.45) is 1.68. The molecule has 1 heterocycles. The van der Waals surface area contributed by atoms with Gasteiger partial charge in [-0.2, -0.15) is 0 Å². The number of halogens is 2. The Bertz CT molecular complexity index is 598. The van der Waals surface area contributed by atoms with E-state index in [4.69, 9.17) is 4.74 Å². The minimum absolute atomic E-state index is 0.146. The Morgan fingerprint density at radius 2 is 2.12 bits per heavy atom. The van der Waals surface area contributed by atoms with Gasteiger partial charge in [0.05, 0.1) is 12.3 Å². The molecule has 1 aromatic rings. The Morgan fingerprint density at radius 3 is 2.83 bits per heavy atom. The molecule has 1 saturated heterocycles. The van der Waals surface area contributed by atoms with E-state index in [-0.39, 0.29) is 11.7 Å². The molecule has 2 N–H and O–H groups in total. The summed E-state index contributed by atoms with van der Waals surface area (Å²) < 4.78 is 31.4. The van der Waals surface area contributed by atoms with E-state index in [2.05, 4.69) is 15.5 Å². The molecule has 24 heavy (non-hydrogen) atoms. The van der Waals surface area contributed by atoms with Crippen LogP contribution in [0.25, 0.3) is 0 Å². The summed E-state index contributed by atoms with van der Waals surface area (Å²) in [6.45, 7) is 2.91. The van der Waals surface area contributed by atoms with E-state index in [1.54, 1.807) is 7.11 Å². The average Bonchev–Trinajstić information content (AvgIpc) is 2.55. The van der Waals surface area contributed by atoms with E-state index in [0.29, 0.717) is 19.2 Å². The smallest absolute Gasteiger partial charge is 0.313 e. The van der Waals surface area contributed by atoms with Crippen LogP contribution in [-0.4, -0.2) is 56.1 Å². The number of amides is 2. The van der Waals surface area contributed by atoms with E-state index < -0.39 is 23.4 Å². The first-order valence-electron chi connectivity index (χ1n) is 7.78. The summed E-state index contributed by atoms with van der Waals surface area (Å²) in [5.41, 5.74) is -0.234. The second-order valence-corrected chi connectivity index (χ2v) is 5.68. The molecule has 0 aromatic heterocycles. The normalized spacial score (nSPS) is 18.2. The van der Waals surface area contributed by atoms with Gasteiger partial charge in [0, 0.05) is 32.3 Å². The second kappa shape index (κ2) is 8.70. The molecule has 2 amide bonds. The van der Waals surface area contributed by atoms with Crippen molar-refractivity contribution in [2.75, 3.05) is 38.7 Å². The molecule has 6 nitrogen and oxygen atoms in total. The van der Waals surface area contributed by atoms with Gasteiger partial charge in [0.2, 0.25) is 0 Å². The molecule has 0 radical (unpaired) electrons. The first-order valence-corrected chi connectivity index (χ1v) is 7.78. The number of piperidine rings is 1. The quantitative estimate of drug-likeness (QED) is 0.788. The lowest BCUT2D eigenvalue weighted by Crippen LogP contribution is -2.50. The van der Waals surface area contributed by atoms with Crippen molar-refractivity contribution in [3.8, 4) is 0 Å². The van der Waals surface area contributed by atoms with Gasteiger partial charge in [-0.1, -0.05) is 0 Å². The first kappa shape index (κ1) is 18.3. The highest BCUT2D eigenvalue weighted by Crippen LogP contribution is 2.15. The van der Waals surface area contributed by atoms with E-state index in [0.717, 1.165) is 38.1 Å². The van der Waals surface area contributed by atoms with Crippen molar-refractivity contribution in [3.63, 3.8) is 0 Å². The third-order valence-electron chi connectivity index (χ3n) is 3.84. The minimum atomic E-state index is -0.977. The number of nitrogens with zero attached hydrogens (tertiary/aromatic N) is 1. The Hall–Kier alpha value is -2.06. The fourth-order valence-corrected chi connectivity index (χ4v) is 2.62. The molecule has 1 aliphatic heterocycles. The molecule has 1 fully saturated rings. The zero-order valence-corrected chi connectivity index (χ0v) is 13.5. The zero-order valence-electron chi connectivity index (χ0n) is 13.5. The Kier molecular flexibility index (Phi) is 6.62. The molecule has 1 aromatic carbocycles. The van der Waals surface area contributed by atoms with Crippen molar-refractivity contribution in [2.45, 2.75) is 18.9 Å². The zero-order chi connectivity index (χ0) is 17.5. The van der Waals surface area contributed by atoms with Gasteiger partial charge in [0.1, 0.15) is 11.6 Å². The van der Waals surface area contributed by atoms with Crippen molar-refractivity contribution < 1.29 is 23.1 Å². The van der Waals surface area contributed by atoms with E-state index in [1.165, 1.54) is 0 Å². The molecule has 2 rings (SSSR count). The lowest BCUT2D eigenvalue weighted by molar-refractivity contribution is -0.136. The van der Waals surface area contributed by atoms with Gasteiger partial charge in [0.15, 0.2) is 0 Å². The fourth-order valence-electron chi connectivity index (χ4n) is 2.62. The van der Waals surface area contributed by atoms with Crippen molar-refractivity contribution in [3.05, 3.63) is 29.8 Å². The van der Waals surface area contributed by atoms with Crippen LogP contribution in [0.1, 0.15) is 12.8 Å². The third kappa shape index (κ3) is 5.24. The number of nitrogens with one attached hydrogen (secondary N) is 2. The van der Waals surface area contributed by atoms with Gasteiger partial charge in [-0.15, -0.1) is 0 Å². The van der Waals surface area contributed by atoms with Gasteiger partial charge >= 0.3 is 11.8 Å². The van der Waals surface area contributed by atoms with Gasteiger partial charge in [-0.05, 0) is 31.5 Å². The summed E-state index contributed by atoms with van der Waals surface area (Å²) in [5.74, 6) is -3.50. The molecule has 132 valence electrons. The summed E-state index contributed by atoms with van der Waals surface area (Å²) in [6, 6.07) is 2.57. The van der Waals surface area contributed by atoms with Crippen molar-refractivity contribution in [1.82, 2.24) is 10.2 Å². The largest absolute Gasteiger partial charge is 0.383 e. The molecule has 0 saturated carbocycles. The highest BCUT2D eigenvalue weighted by atomic mass is 19.1. The summed E-state index contributed by atoms with van der Waals surface area (Å²) in [7, 11) is 1.63. The van der Waals surface area contributed by atoms with Crippen molar-refractivity contribution in [1.29, 1.82) is 0 Å². The van der Waals surface area contributed by atoms with Crippen LogP contribution in [0.15, 0.2) is 18.2 Å². The lowest BCUT2D eigenvalue weighted by atomic mass is 10.1. The maximum Gasteiger partial charge on any atom is 0.313 e. The third-order valence-corrected chi connectivity index (χ3v) is 3.84. The SMILES string of the molecule is COCCN1CCC[C@@H](NC(=O)C(=O)Nc2ccc(F)cc2F)C1. The predicted molar refractivity (Wildman–Crippen MR) is 84.5 cm³/mol. The van der Waals surface area contributed by atoms with Gasteiger partial charge in [-0.25, -0.2) is 8.78 Å². The minimum Gasteiger partial charge on any atom is -0.383 e. The molecule has 0 unspecified atom stereocenters. The number of anilines is 1. The molecule has 1 atom stereocenters. The van der Waals surface area contributed by atoms with Crippen LogP contribution in [-0.2, 0) is 14.3 Å². The van der Waals surface area contributed by atoms with Gasteiger partial charge in [-0.3, -0.25) is 14.5 Å². The molecular weight excluding hydrogens is 320 g/mol. The number of hydrogen-bond donors (Lipinski definition) is 2. The van der Waals surface area contributed by atoms with Crippen LogP contribution in [0.4, 0.5) is 14.5 Å². The predicted octanol–water partition coefficient (Wildman–Crippen LogP) is 1.13. The second-order valence-electron chi connectivity index (χ2n) is 5.68. The number of carbonyl (C=O) groups excluding carboxylic acids is 2. The maximum absolute atomic E-state index is 13.5. The van der Waals surface area contributed by atoms with Crippen LogP contribution in [0, 0.1) is 11.6 Å². The van der Waals surface area contributed by atoms with Crippen LogP contribution >= 0.6 is 0 Å². The van der Waals surface area contributed by atoms with Crippen molar-refractivity contribution in [2.24, 2.45) is 0 Å². The number of methoxy groups -OCH3 is 1. The molecule has 1 aliphatic rings. The lowest BCUT2D eigenvalue weighted by Gasteiger charge is -2.32. The topological polar surface area (TPSA) is 70.7 Å². The Labute approximate surface area is 139 Å². The number of rotatable bonds is 5. The summed E-state index contributed by atoms with van der Waals surface area (Å²) in [4.78, 5) is 26.0. The molecule has 8 heteroatoms. The van der Waals surface area contributed by atoms with E-state index >= 15 is 0 Å². The monoisotopic (exact) mass is 341 g/mol. The highest BCUT2D eigenvalue weighted by molar-refractivity contribution is 6.39. The first-order chi connectivity index (χ1) is 11.5. The summed E-state index contributed by atoms with van der Waals surface area (Å²) >= 11 is 0. The number of hydrogen-bond acceptors (Lipinski definition) is 4. The highest BCUT2D eigenvalue weighted by Gasteiger charge is 2.24. The van der Waals surface area contributed by atoms with Crippen molar-refractivity contribution >= 4 is 17.5 Å². The molecule has 0 bridgehead atoms. The Morgan fingerprint density at radius 1 is 1.33 bits per heavy atom. The van der Waals surface area contributed by atoms with Crippen LogP contribution in [0.3, 0.4) is 0 Å². The number of carbonyl (C=O) groups is 2. The molecule has 0 spiro atoms. The maximum atomic E-state index is 13.5.